The molecule has 0 unspecified atom stereocenters. The lowest BCUT2D eigenvalue weighted by Crippen LogP contribution is -2.40. The van der Waals surface area contributed by atoms with E-state index in [1.165, 1.54) is 34.1 Å². The van der Waals surface area contributed by atoms with Crippen molar-refractivity contribution < 1.29 is 26.4 Å². The van der Waals surface area contributed by atoms with Crippen molar-refractivity contribution in [3.63, 3.8) is 0 Å². The average Bonchev–Trinajstić information content (AvgIpc) is 2.78. The van der Waals surface area contributed by atoms with Crippen LogP contribution in [0.25, 0.3) is 0 Å². The van der Waals surface area contributed by atoms with E-state index in [9.17, 15) is 26.4 Å². The first kappa shape index (κ1) is 21.2. The van der Waals surface area contributed by atoms with E-state index in [0.717, 1.165) is 0 Å². The summed E-state index contributed by atoms with van der Waals surface area (Å²) >= 11 is 0. The summed E-state index contributed by atoms with van der Waals surface area (Å²) in [5.74, 6) is -1.62. The maximum absolute atomic E-state index is 12.5. The van der Waals surface area contributed by atoms with Crippen LogP contribution in [-0.4, -0.2) is 68.8 Å². The van der Waals surface area contributed by atoms with Crippen LogP contribution in [0, 0.1) is 11.3 Å². The lowest BCUT2D eigenvalue weighted by molar-refractivity contribution is -0.145. The van der Waals surface area contributed by atoms with E-state index < -0.39 is 34.2 Å². The zero-order chi connectivity index (χ0) is 20.1. The van der Waals surface area contributed by atoms with Crippen LogP contribution in [0.3, 0.4) is 0 Å². The Morgan fingerprint density at radius 1 is 1.11 bits per heavy atom. The average molecular weight is 403 g/mol. The Kier molecular flexibility index (Phi) is 6.84. The summed E-state index contributed by atoms with van der Waals surface area (Å²) in [6, 6.07) is 7.96. The van der Waals surface area contributed by atoms with Crippen molar-refractivity contribution in [1.82, 2.24) is 9.80 Å². The van der Waals surface area contributed by atoms with Crippen LogP contribution < -0.4 is 0 Å². The Bertz CT molecular complexity index is 801. The number of carbonyl (C=O) groups excluding carboxylic acids is 1. The number of alkyl halides is 3. The molecule has 1 aromatic carbocycles. The standard InChI is InChI=1S/C17H20F3N3O3S/c18-17(19,20)13-22-6-1-7-23(9-8-22)16(24)12-27(25,26)11-15-4-2-14(10-21)3-5-15/h2-5H,1,6-9,11-13H2. The van der Waals surface area contributed by atoms with Gasteiger partial charge in [-0.1, -0.05) is 12.1 Å². The lowest BCUT2D eigenvalue weighted by atomic mass is 10.2. The molecule has 1 amide bonds. The van der Waals surface area contributed by atoms with Crippen LogP contribution >= 0.6 is 0 Å². The van der Waals surface area contributed by atoms with Crippen LogP contribution in [0.15, 0.2) is 24.3 Å². The second kappa shape index (κ2) is 8.71. The van der Waals surface area contributed by atoms with Crippen molar-refractivity contribution in [3.05, 3.63) is 35.4 Å². The molecule has 1 aliphatic rings. The predicted octanol–water partition coefficient (Wildman–Crippen LogP) is 1.57. The summed E-state index contributed by atoms with van der Waals surface area (Å²) in [5, 5.41) is 8.74. The Hall–Kier alpha value is -2.12. The molecule has 1 heterocycles. The highest BCUT2D eigenvalue weighted by Gasteiger charge is 2.32. The molecule has 0 spiro atoms. The SMILES string of the molecule is N#Cc1ccc(CS(=O)(=O)CC(=O)N2CCCN(CC(F)(F)F)CC2)cc1. The topological polar surface area (TPSA) is 81.5 Å². The van der Waals surface area contributed by atoms with E-state index in [2.05, 4.69) is 0 Å². The number of rotatable bonds is 5. The molecule has 0 aliphatic carbocycles. The van der Waals surface area contributed by atoms with Crippen molar-refractivity contribution in [2.45, 2.75) is 18.3 Å². The monoisotopic (exact) mass is 403 g/mol. The molecule has 148 valence electrons. The third-order valence-corrected chi connectivity index (χ3v) is 5.62. The largest absolute Gasteiger partial charge is 0.401 e. The van der Waals surface area contributed by atoms with Crippen molar-refractivity contribution in [1.29, 1.82) is 5.26 Å². The van der Waals surface area contributed by atoms with Gasteiger partial charge in [0.05, 0.1) is 23.9 Å². The molecule has 1 aliphatic heterocycles. The second-order valence-corrected chi connectivity index (χ2v) is 8.53. The number of benzene rings is 1. The second-order valence-electron chi connectivity index (χ2n) is 6.47. The normalized spacial score (nSPS) is 16.6. The molecule has 6 nitrogen and oxygen atoms in total. The molecule has 1 aromatic rings. The fourth-order valence-electron chi connectivity index (χ4n) is 2.89. The minimum atomic E-state index is -4.30. The smallest absolute Gasteiger partial charge is 0.340 e. The van der Waals surface area contributed by atoms with E-state index in [0.29, 0.717) is 17.5 Å². The molecule has 0 saturated carbocycles. The molecule has 1 fully saturated rings. The van der Waals surface area contributed by atoms with Crippen LogP contribution in [0.5, 0.6) is 0 Å². The Morgan fingerprint density at radius 2 is 1.78 bits per heavy atom. The first-order chi connectivity index (χ1) is 12.6. The maximum Gasteiger partial charge on any atom is 0.401 e. The van der Waals surface area contributed by atoms with Gasteiger partial charge < -0.3 is 4.90 Å². The zero-order valence-corrected chi connectivity index (χ0v) is 15.4. The van der Waals surface area contributed by atoms with E-state index in [4.69, 9.17) is 5.26 Å². The molecule has 0 atom stereocenters. The number of hydrogen-bond donors (Lipinski definition) is 0. The third kappa shape index (κ3) is 7.19. The molecule has 0 bridgehead atoms. The third-order valence-electron chi connectivity index (χ3n) is 4.16. The molecule has 10 heteroatoms. The fourth-order valence-corrected chi connectivity index (χ4v) is 4.25. The highest BCUT2D eigenvalue weighted by molar-refractivity contribution is 7.91. The van der Waals surface area contributed by atoms with Gasteiger partial charge in [-0.25, -0.2) is 8.42 Å². The molecule has 1 saturated heterocycles. The fraction of sp³-hybridized carbons (Fsp3) is 0.529. The van der Waals surface area contributed by atoms with Gasteiger partial charge in [0, 0.05) is 26.2 Å². The van der Waals surface area contributed by atoms with Gasteiger partial charge in [-0.05, 0) is 24.1 Å². The minimum Gasteiger partial charge on any atom is -0.340 e. The van der Waals surface area contributed by atoms with Crippen molar-refractivity contribution in [2.24, 2.45) is 0 Å². The van der Waals surface area contributed by atoms with Crippen molar-refractivity contribution >= 4 is 15.7 Å². The molecule has 0 N–H and O–H groups in total. The van der Waals surface area contributed by atoms with Gasteiger partial charge in [-0.2, -0.15) is 18.4 Å². The highest BCUT2D eigenvalue weighted by atomic mass is 32.2. The first-order valence-corrected chi connectivity index (χ1v) is 10.2. The minimum absolute atomic E-state index is 0.0565. The van der Waals surface area contributed by atoms with Gasteiger partial charge in [-0.3, -0.25) is 9.69 Å². The van der Waals surface area contributed by atoms with Gasteiger partial charge in [0.2, 0.25) is 5.91 Å². The number of sulfone groups is 1. The summed E-state index contributed by atoms with van der Waals surface area (Å²) in [7, 11) is -3.72. The Morgan fingerprint density at radius 3 is 2.37 bits per heavy atom. The number of halogens is 3. The molecule has 0 aromatic heterocycles. The van der Waals surface area contributed by atoms with Crippen LogP contribution in [0.1, 0.15) is 17.5 Å². The number of amides is 1. The molecular weight excluding hydrogens is 383 g/mol. The summed E-state index contributed by atoms with van der Waals surface area (Å²) in [5.41, 5.74) is 0.870. The van der Waals surface area contributed by atoms with E-state index in [1.54, 1.807) is 0 Å². The van der Waals surface area contributed by atoms with Gasteiger partial charge in [-0.15, -0.1) is 0 Å². The molecule has 0 radical (unpaired) electrons. The molecular formula is C17H20F3N3O3S. The highest BCUT2D eigenvalue weighted by Crippen LogP contribution is 2.18. The lowest BCUT2D eigenvalue weighted by Gasteiger charge is -2.22. The summed E-state index contributed by atoms with van der Waals surface area (Å²) in [6.07, 6.45) is -3.94. The Labute approximate surface area is 156 Å². The van der Waals surface area contributed by atoms with E-state index >= 15 is 0 Å². The van der Waals surface area contributed by atoms with Gasteiger partial charge >= 0.3 is 6.18 Å². The molecule has 2 rings (SSSR count). The van der Waals surface area contributed by atoms with Crippen molar-refractivity contribution in [2.75, 3.05) is 38.5 Å². The Balaban J connectivity index is 1.92. The maximum atomic E-state index is 12.5. The van der Waals surface area contributed by atoms with Gasteiger partial charge in [0.15, 0.2) is 9.84 Å². The van der Waals surface area contributed by atoms with Crippen LogP contribution in [0.4, 0.5) is 13.2 Å². The van der Waals surface area contributed by atoms with E-state index in [1.807, 2.05) is 6.07 Å². The number of hydrogen-bond acceptors (Lipinski definition) is 5. The number of carbonyl (C=O) groups is 1. The zero-order valence-electron chi connectivity index (χ0n) is 14.6. The van der Waals surface area contributed by atoms with Crippen molar-refractivity contribution in [3.8, 4) is 6.07 Å². The quantitative estimate of drug-likeness (QED) is 0.746. The van der Waals surface area contributed by atoms with Crippen LogP contribution in [-0.2, 0) is 20.4 Å². The van der Waals surface area contributed by atoms with E-state index in [-0.39, 0.29) is 31.9 Å². The molecule has 27 heavy (non-hydrogen) atoms. The number of nitrogens with zero attached hydrogens (tertiary/aromatic N) is 3. The summed E-state index contributed by atoms with van der Waals surface area (Å²) < 4.78 is 62.0. The number of nitriles is 1. The van der Waals surface area contributed by atoms with Gasteiger partial charge in [0.25, 0.3) is 0 Å². The van der Waals surface area contributed by atoms with Gasteiger partial charge in [0.1, 0.15) is 5.75 Å². The first-order valence-electron chi connectivity index (χ1n) is 8.34. The predicted molar refractivity (Wildman–Crippen MR) is 92.3 cm³/mol. The summed E-state index contributed by atoms with van der Waals surface area (Å²) in [6.45, 7) is -0.463. The summed E-state index contributed by atoms with van der Waals surface area (Å²) in [4.78, 5) is 14.8. The van der Waals surface area contributed by atoms with Crippen LogP contribution in [0.2, 0.25) is 0 Å².